The summed E-state index contributed by atoms with van der Waals surface area (Å²) in [6.07, 6.45) is 0.700. The Morgan fingerprint density at radius 1 is 1.54 bits per heavy atom. The molecular weight excluding hydrogens is 168 g/mol. The molecule has 1 heterocycles. The molecule has 2 N–H and O–H groups in total. The van der Waals surface area contributed by atoms with Gasteiger partial charge in [0.15, 0.2) is 6.23 Å². The van der Waals surface area contributed by atoms with Crippen LogP contribution < -0.4 is 10.1 Å². The summed E-state index contributed by atoms with van der Waals surface area (Å²) < 4.78 is 5.04. The average molecular weight is 178 g/mol. The molecule has 13 heavy (non-hydrogen) atoms. The zero-order chi connectivity index (χ0) is 9.26. The molecule has 1 aliphatic rings. The van der Waals surface area contributed by atoms with Crippen molar-refractivity contribution in [2.75, 3.05) is 12.4 Å². The number of anilines is 1. The summed E-state index contributed by atoms with van der Waals surface area (Å²) in [5.74, 6) is 0.719. The smallest absolute Gasteiger partial charge is 0.175 e. The molecule has 0 radical (unpaired) electrons. The number of hydrogen-bond donors (Lipinski definition) is 2. The molecule has 4 nitrogen and oxygen atoms in total. The fourth-order valence-electron chi connectivity index (χ4n) is 1.27. The molecule has 1 aliphatic heterocycles. The number of methoxy groups -OCH3 is 1. The number of nitrogens with one attached hydrogen (secondary N) is 1. The molecule has 0 saturated heterocycles. The fraction of sp³-hybridized carbons (Fsp3) is 0.222. The van der Waals surface area contributed by atoms with Crippen molar-refractivity contribution in [3.8, 4) is 5.75 Å². The van der Waals surface area contributed by atoms with E-state index in [9.17, 15) is 5.11 Å². The summed E-state index contributed by atoms with van der Waals surface area (Å²) in [4.78, 5) is 3.81. The Labute approximate surface area is 75.9 Å². The van der Waals surface area contributed by atoms with Gasteiger partial charge in [0.1, 0.15) is 5.75 Å². The molecule has 0 saturated carbocycles. The number of benzene rings is 1. The molecule has 1 unspecified atom stereocenters. The van der Waals surface area contributed by atoms with Gasteiger partial charge < -0.3 is 15.2 Å². The maximum Gasteiger partial charge on any atom is 0.175 e. The van der Waals surface area contributed by atoms with Crippen LogP contribution in [0.2, 0.25) is 0 Å². The summed E-state index contributed by atoms with van der Waals surface area (Å²) in [5, 5.41) is 12.4. The van der Waals surface area contributed by atoms with Crippen molar-refractivity contribution in [2.24, 2.45) is 4.99 Å². The van der Waals surface area contributed by atoms with Crippen LogP contribution in [0.25, 0.3) is 0 Å². The van der Waals surface area contributed by atoms with E-state index < -0.39 is 6.23 Å². The molecule has 0 bridgehead atoms. The first kappa shape index (κ1) is 8.07. The predicted molar refractivity (Wildman–Crippen MR) is 50.1 cm³/mol. The first-order valence-electron chi connectivity index (χ1n) is 3.95. The van der Waals surface area contributed by atoms with Gasteiger partial charge >= 0.3 is 0 Å². The second-order valence-electron chi connectivity index (χ2n) is 2.75. The number of fused-ring (bicyclic) bond motifs is 1. The van der Waals surface area contributed by atoms with Crippen LogP contribution in [0.4, 0.5) is 5.69 Å². The van der Waals surface area contributed by atoms with Gasteiger partial charge in [0, 0.05) is 11.3 Å². The molecule has 1 aromatic rings. The Kier molecular flexibility index (Phi) is 1.90. The maximum absolute atomic E-state index is 9.49. The minimum Gasteiger partial charge on any atom is -0.497 e. The van der Waals surface area contributed by atoms with Gasteiger partial charge in [-0.3, -0.25) is 0 Å². The average Bonchev–Trinajstić information content (AvgIpc) is 2.18. The highest BCUT2D eigenvalue weighted by Crippen LogP contribution is 2.29. The number of aliphatic hydroxyl groups excluding tert-OH is 1. The van der Waals surface area contributed by atoms with Gasteiger partial charge in [0.2, 0.25) is 0 Å². The number of rotatable bonds is 1. The summed E-state index contributed by atoms with van der Waals surface area (Å²) in [5.41, 5.74) is 1.60. The van der Waals surface area contributed by atoms with Gasteiger partial charge in [-0.2, -0.15) is 0 Å². The van der Waals surface area contributed by atoms with Crippen LogP contribution >= 0.6 is 0 Å². The van der Waals surface area contributed by atoms with Crippen molar-refractivity contribution in [1.82, 2.24) is 0 Å². The first-order valence-corrected chi connectivity index (χ1v) is 3.95. The SMILES string of the molecule is COc1ccc2c(c1)C(O)N=CN2. The largest absolute Gasteiger partial charge is 0.497 e. The third kappa shape index (κ3) is 1.36. The van der Waals surface area contributed by atoms with E-state index in [0.717, 1.165) is 17.0 Å². The fourth-order valence-corrected chi connectivity index (χ4v) is 1.27. The highest BCUT2D eigenvalue weighted by atomic mass is 16.5. The van der Waals surface area contributed by atoms with Gasteiger partial charge in [-0.1, -0.05) is 0 Å². The summed E-state index contributed by atoms with van der Waals surface area (Å²) >= 11 is 0. The van der Waals surface area contributed by atoms with Crippen LogP contribution in [-0.4, -0.2) is 18.6 Å². The molecule has 1 aromatic carbocycles. The Bertz CT molecular complexity index is 349. The number of ether oxygens (including phenoxy) is 1. The Balaban J connectivity index is 2.45. The molecule has 0 aliphatic carbocycles. The number of nitrogens with zero attached hydrogens (tertiary/aromatic N) is 1. The molecule has 4 heteroatoms. The van der Waals surface area contributed by atoms with E-state index in [0.29, 0.717) is 0 Å². The van der Waals surface area contributed by atoms with E-state index in [1.165, 1.54) is 6.34 Å². The van der Waals surface area contributed by atoms with E-state index in [-0.39, 0.29) is 0 Å². The van der Waals surface area contributed by atoms with Crippen LogP contribution in [0.15, 0.2) is 23.2 Å². The van der Waals surface area contributed by atoms with Crippen LogP contribution in [0.5, 0.6) is 5.75 Å². The van der Waals surface area contributed by atoms with Crippen molar-refractivity contribution < 1.29 is 9.84 Å². The van der Waals surface area contributed by atoms with Crippen molar-refractivity contribution in [3.63, 3.8) is 0 Å². The predicted octanol–water partition coefficient (Wildman–Crippen LogP) is 1.14. The minimum atomic E-state index is -0.786. The lowest BCUT2D eigenvalue weighted by atomic mass is 10.1. The normalized spacial score (nSPS) is 19.1. The lowest BCUT2D eigenvalue weighted by Gasteiger charge is -2.17. The van der Waals surface area contributed by atoms with Crippen molar-refractivity contribution in [1.29, 1.82) is 0 Å². The monoisotopic (exact) mass is 178 g/mol. The molecular formula is C9H10N2O2. The summed E-state index contributed by atoms with van der Waals surface area (Å²) in [6, 6.07) is 5.45. The van der Waals surface area contributed by atoms with Gasteiger partial charge in [0.05, 0.1) is 13.4 Å². The van der Waals surface area contributed by atoms with Crippen LogP contribution in [-0.2, 0) is 0 Å². The highest BCUT2D eigenvalue weighted by molar-refractivity contribution is 5.80. The van der Waals surface area contributed by atoms with E-state index >= 15 is 0 Å². The van der Waals surface area contributed by atoms with E-state index in [1.54, 1.807) is 13.2 Å². The van der Waals surface area contributed by atoms with Crippen LogP contribution in [0.1, 0.15) is 11.8 Å². The van der Waals surface area contributed by atoms with Gasteiger partial charge in [-0.25, -0.2) is 4.99 Å². The summed E-state index contributed by atoms with van der Waals surface area (Å²) in [7, 11) is 1.59. The van der Waals surface area contributed by atoms with E-state index in [4.69, 9.17) is 4.74 Å². The van der Waals surface area contributed by atoms with Gasteiger partial charge in [-0.15, -0.1) is 0 Å². The van der Waals surface area contributed by atoms with Crippen molar-refractivity contribution in [2.45, 2.75) is 6.23 Å². The minimum absolute atomic E-state index is 0.719. The second-order valence-corrected chi connectivity index (χ2v) is 2.75. The second kappa shape index (κ2) is 3.06. The Morgan fingerprint density at radius 2 is 2.38 bits per heavy atom. The van der Waals surface area contributed by atoms with Gasteiger partial charge in [-0.05, 0) is 18.2 Å². The molecule has 68 valence electrons. The number of aliphatic hydroxyl groups is 1. The van der Waals surface area contributed by atoms with E-state index in [1.807, 2.05) is 12.1 Å². The van der Waals surface area contributed by atoms with Gasteiger partial charge in [0.25, 0.3) is 0 Å². The van der Waals surface area contributed by atoms with Crippen LogP contribution in [0.3, 0.4) is 0 Å². The van der Waals surface area contributed by atoms with E-state index in [2.05, 4.69) is 10.3 Å². The molecule has 0 spiro atoms. The summed E-state index contributed by atoms with van der Waals surface area (Å²) in [6.45, 7) is 0. The standard InChI is InChI=1S/C9H10N2O2/c1-13-6-2-3-8-7(4-6)9(12)11-5-10-8/h2-5,9,12H,1H3,(H,10,11). The topological polar surface area (TPSA) is 53.9 Å². The van der Waals surface area contributed by atoms with Crippen molar-refractivity contribution >= 4 is 12.0 Å². The molecule has 1 atom stereocenters. The third-order valence-corrected chi connectivity index (χ3v) is 1.97. The van der Waals surface area contributed by atoms with Crippen LogP contribution in [0, 0.1) is 0 Å². The lowest BCUT2D eigenvalue weighted by Crippen LogP contribution is -2.09. The quantitative estimate of drug-likeness (QED) is 0.678. The zero-order valence-corrected chi connectivity index (χ0v) is 7.19. The lowest BCUT2D eigenvalue weighted by molar-refractivity contribution is 0.188. The maximum atomic E-state index is 9.49. The molecule has 2 rings (SSSR count). The number of aliphatic imine (C=N–C) groups is 1. The zero-order valence-electron chi connectivity index (χ0n) is 7.19. The Hall–Kier alpha value is -1.55. The number of hydrogen-bond acceptors (Lipinski definition) is 4. The third-order valence-electron chi connectivity index (χ3n) is 1.97. The molecule has 0 aromatic heterocycles. The molecule has 0 amide bonds. The Morgan fingerprint density at radius 3 is 3.15 bits per heavy atom. The highest BCUT2D eigenvalue weighted by Gasteiger charge is 2.14. The molecule has 0 fully saturated rings. The first-order chi connectivity index (χ1) is 6.31. The van der Waals surface area contributed by atoms with Crippen molar-refractivity contribution in [3.05, 3.63) is 23.8 Å².